The average Bonchev–Trinajstić information content (AvgIpc) is 2.85. The highest BCUT2D eigenvalue weighted by Gasteiger charge is 2.52. The van der Waals surface area contributed by atoms with Crippen LogP contribution >= 0.6 is 0 Å². The van der Waals surface area contributed by atoms with Gasteiger partial charge in [-0.25, -0.2) is 4.79 Å². The summed E-state index contributed by atoms with van der Waals surface area (Å²) in [6.45, 7) is 17.0. The van der Waals surface area contributed by atoms with Crippen molar-refractivity contribution < 1.29 is 8.84 Å². The lowest BCUT2D eigenvalue weighted by Crippen LogP contribution is -2.61. The molecule has 2 aromatic rings. The Balaban J connectivity index is 1.86. The summed E-state index contributed by atoms with van der Waals surface area (Å²) < 4.78 is 13.0. The lowest BCUT2D eigenvalue weighted by molar-refractivity contribution is 0.0329. The molecular weight excluding hydrogens is 486 g/mol. The van der Waals surface area contributed by atoms with Crippen molar-refractivity contribution in [3.8, 4) is 0 Å². The number of benzene rings is 1. The van der Waals surface area contributed by atoms with Gasteiger partial charge in [0.1, 0.15) is 5.76 Å². The van der Waals surface area contributed by atoms with Gasteiger partial charge in [-0.1, -0.05) is 83.9 Å². The summed E-state index contributed by atoms with van der Waals surface area (Å²) in [4.78, 5) is 15.7. The predicted octanol–water partition coefficient (Wildman–Crippen LogP) is 8.75. The Morgan fingerprint density at radius 2 is 1.87 bits per heavy atom. The quantitative estimate of drug-likeness (QED) is 0.301. The summed E-state index contributed by atoms with van der Waals surface area (Å²) in [6, 6.07) is 12.9. The van der Waals surface area contributed by atoms with Gasteiger partial charge in [0.05, 0.1) is 22.9 Å². The Morgan fingerprint density at radius 1 is 1.13 bits per heavy atom. The Morgan fingerprint density at radius 3 is 2.53 bits per heavy atom. The van der Waals surface area contributed by atoms with E-state index in [4.69, 9.17) is 8.84 Å². The number of unbranched alkanes of at least 4 members (excludes halogenated alkanes) is 1. The highest BCUT2D eigenvalue weighted by Crippen LogP contribution is 2.51. The SMILES string of the molecule is CCCC[C@@H]1[C@@H](O[Si](C)(C)C(C)(C)C)CCC[C@]12C=Cc1c(cc(CCC)oc1=O)N2Cc1ccccc1. The molecule has 5 heteroatoms. The average molecular weight is 536 g/mol. The van der Waals surface area contributed by atoms with Crippen molar-refractivity contribution in [3.63, 3.8) is 0 Å². The molecule has 1 aliphatic carbocycles. The first-order chi connectivity index (χ1) is 18.0. The number of hydrogen-bond donors (Lipinski definition) is 0. The van der Waals surface area contributed by atoms with Crippen LogP contribution in [0.2, 0.25) is 18.1 Å². The second-order valence-corrected chi connectivity index (χ2v) is 17.8. The van der Waals surface area contributed by atoms with E-state index in [1.807, 2.05) is 0 Å². The fourth-order valence-corrected chi connectivity index (χ4v) is 7.61. The van der Waals surface area contributed by atoms with Crippen molar-refractivity contribution in [1.82, 2.24) is 0 Å². The minimum atomic E-state index is -1.96. The first kappa shape index (κ1) is 28.9. The van der Waals surface area contributed by atoms with Crippen molar-refractivity contribution in [2.24, 2.45) is 5.92 Å². The standard InChI is InChI=1S/C33H49NO3Si/c1-8-10-18-28-30(37-38(6,7)32(3,4)5)19-14-21-33(28)22-20-27-29(23-26(15-9-2)36-31(27)35)34(33)24-25-16-12-11-13-17-25/h11-13,16-17,20,22-23,28,30H,8-10,14-15,18-19,21,24H2,1-7H3/t28-,30+,33+/m1/s1. The molecule has 3 atom stereocenters. The molecule has 1 aromatic heterocycles. The Labute approximate surface area is 231 Å². The Kier molecular flexibility index (Phi) is 8.78. The molecule has 208 valence electrons. The molecule has 1 fully saturated rings. The molecule has 2 aliphatic rings. The fourth-order valence-electron chi connectivity index (χ4n) is 6.22. The third kappa shape index (κ3) is 5.74. The maximum absolute atomic E-state index is 13.2. The fraction of sp³-hybridized carbons (Fsp3) is 0.606. The maximum atomic E-state index is 13.2. The van der Waals surface area contributed by atoms with E-state index < -0.39 is 8.32 Å². The lowest BCUT2D eigenvalue weighted by atomic mass is 9.66. The van der Waals surface area contributed by atoms with Crippen LogP contribution in [0.15, 0.2) is 51.7 Å². The molecule has 0 radical (unpaired) electrons. The van der Waals surface area contributed by atoms with E-state index in [0.29, 0.717) is 11.5 Å². The number of nitrogens with zero attached hydrogens (tertiary/aromatic N) is 1. The van der Waals surface area contributed by atoms with Crippen molar-refractivity contribution in [2.45, 2.75) is 122 Å². The zero-order valence-corrected chi connectivity index (χ0v) is 25.8. The van der Waals surface area contributed by atoms with Crippen molar-refractivity contribution in [3.05, 3.63) is 69.8 Å². The first-order valence-corrected chi connectivity index (χ1v) is 17.8. The number of fused-ring (bicyclic) bond motifs is 1. The van der Waals surface area contributed by atoms with E-state index in [2.05, 4.69) is 101 Å². The number of rotatable bonds is 9. The summed E-state index contributed by atoms with van der Waals surface area (Å²) in [6.07, 6.45) is 13.2. The first-order valence-electron chi connectivity index (χ1n) is 14.9. The van der Waals surface area contributed by atoms with Gasteiger partial charge >= 0.3 is 5.63 Å². The maximum Gasteiger partial charge on any atom is 0.345 e. The summed E-state index contributed by atoms with van der Waals surface area (Å²) in [5.74, 6) is 1.15. The highest BCUT2D eigenvalue weighted by molar-refractivity contribution is 6.74. The molecule has 4 nitrogen and oxygen atoms in total. The van der Waals surface area contributed by atoms with Crippen LogP contribution in [0.5, 0.6) is 0 Å². The topological polar surface area (TPSA) is 42.7 Å². The third-order valence-corrected chi connectivity index (χ3v) is 13.8. The lowest BCUT2D eigenvalue weighted by Gasteiger charge is -2.56. The van der Waals surface area contributed by atoms with E-state index >= 15 is 0 Å². The van der Waals surface area contributed by atoms with Crippen LogP contribution in [0.3, 0.4) is 0 Å². The van der Waals surface area contributed by atoms with Crippen LogP contribution in [0.1, 0.15) is 96.5 Å². The van der Waals surface area contributed by atoms with Crippen molar-refractivity contribution in [1.29, 1.82) is 0 Å². The van der Waals surface area contributed by atoms with E-state index in [1.165, 1.54) is 18.4 Å². The summed E-state index contributed by atoms with van der Waals surface area (Å²) in [5.41, 5.74) is 2.57. The van der Waals surface area contributed by atoms with Crippen LogP contribution in [0.25, 0.3) is 6.08 Å². The van der Waals surface area contributed by atoms with Gasteiger partial charge < -0.3 is 13.7 Å². The molecule has 0 unspecified atom stereocenters. The molecule has 1 saturated carbocycles. The van der Waals surface area contributed by atoms with Gasteiger partial charge in [-0.05, 0) is 61.9 Å². The summed E-state index contributed by atoms with van der Waals surface area (Å²) in [5, 5.41) is 0.166. The van der Waals surface area contributed by atoms with Gasteiger partial charge in [0.25, 0.3) is 0 Å². The molecule has 0 amide bonds. The number of aryl methyl sites for hydroxylation is 1. The number of anilines is 1. The second kappa shape index (κ2) is 11.6. The van der Waals surface area contributed by atoms with Crippen molar-refractivity contribution >= 4 is 20.1 Å². The molecule has 38 heavy (non-hydrogen) atoms. The molecule has 0 saturated heterocycles. The van der Waals surface area contributed by atoms with Crippen LogP contribution < -0.4 is 10.5 Å². The zero-order valence-electron chi connectivity index (χ0n) is 24.8. The highest BCUT2D eigenvalue weighted by atomic mass is 28.4. The smallest absolute Gasteiger partial charge is 0.345 e. The van der Waals surface area contributed by atoms with E-state index in [1.54, 1.807) is 0 Å². The van der Waals surface area contributed by atoms with Gasteiger partial charge in [0.15, 0.2) is 8.32 Å². The van der Waals surface area contributed by atoms with Gasteiger partial charge in [-0.15, -0.1) is 0 Å². The van der Waals surface area contributed by atoms with Crippen LogP contribution in [-0.2, 0) is 17.4 Å². The normalized spacial score (nSPS) is 23.6. The predicted molar refractivity (Wildman–Crippen MR) is 162 cm³/mol. The summed E-state index contributed by atoms with van der Waals surface area (Å²) in [7, 11) is -1.96. The summed E-state index contributed by atoms with van der Waals surface area (Å²) >= 11 is 0. The Bertz CT molecular complexity index is 1160. The van der Waals surface area contributed by atoms with Crippen molar-refractivity contribution in [2.75, 3.05) is 4.90 Å². The molecule has 0 N–H and O–H groups in total. The minimum Gasteiger partial charge on any atom is -0.427 e. The van der Waals surface area contributed by atoms with E-state index in [9.17, 15) is 4.79 Å². The molecule has 2 heterocycles. The van der Waals surface area contributed by atoms with Gasteiger partial charge in [0, 0.05) is 24.9 Å². The molecule has 4 rings (SSSR count). The van der Waals surface area contributed by atoms with Crippen LogP contribution in [-0.4, -0.2) is 20.0 Å². The zero-order chi connectivity index (χ0) is 27.6. The third-order valence-electron chi connectivity index (χ3n) is 9.31. The van der Waals surface area contributed by atoms with Gasteiger partial charge in [-0.2, -0.15) is 0 Å². The molecule has 0 bridgehead atoms. The second-order valence-electron chi connectivity index (χ2n) is 13.0. The largest absolute Gasteiger partial charge is 0.427 e. The van der Waals surface area contributed by atoms with E-state index in [0.717, 1.165) is 56.5 Å². The van der Waals surface area contributed by atoms with Crippen LogP contribution in [0, 0.1) is 5.92 Å². The van der Waals surface area contributed by atoms with Crippen LogP contribution in [0.4, 0.5) is 5.69 Å². The molecule has 1 aromatic carbocycles. The molecular formula is C33H49NO3Si. The van der Waals surface area contributed by atoms with Gasteiger partial charge in [0.2, 0.25) is 0 Å². The monoisotopic (exact) mass is 535 g/mol. The number of hydrogen-bond acceptors (Lipinski definition) is 4. The minimum absolute atomic E-state index is 0.166. The Hall–Kier alpha value is -2.11. The molecule has 1 aliphatic heterocycles. The van der Waals surface area contributed by atoms with Gasteiger partial charge in [-0.3, -0.25) is 0 Å². The molecule has 1 spiro atoms. The van der Waals surface area contributed by atoms with E-state index in [-0.39, 0.29) is 22.3 Å².